The number of halogens is 1. The van der Waals surface area contributed by atoms with Crippen molar-refractivity contribution in [1.29, 1.82) is 0 Å². The van der Waals surface area contributed by atoms with E-state index in [1.54, 1.807) is 4.90 Å². The van der Waals surface area contributed by atoms with Crippen molar-refractivity contribution >= 4 is 11.6 Å². The van der Waals surface area contributed by atoms with E-state index in [-0.39, 0.29) is 24.3 Å². The highest BCUT2D eigenvalue weighted by Gasteiger charge is 2.53. The number of carbonyl (C=O) groups is 1. The highest BCUT2D eigenvalue weighted by Crippen LogP contribution is 2.47. The Kier molecular flexibility index (Phi) is 5.04. The molecule has 3 aliphatic heterocycles. The topological polar surface area (TPSA) is 50.6 Å². The number of fused-ring (bicyclic) bond motifs is 4. The Morgan fingerprint density at radius 1 is 1.23 bits per heavy atom. The van der Waals surface area contributed by atoms with E-state index >= 15 is 4.39 Å². The number of anilines is 1. The molecule has 0 saturated carbocycles. The number of amides is 1. The average Bonchev–Trinajstić information content (AvgIpc) is 3.42. The van der Waals surface area contributed by atoms with Crippen molar-refractivity contribution in [3.8, 4) is 5.82 Å². The predicted molar refractivity (Wildman–Crippen MR) is 117 cm³/mol. The molecule has 2 aromatic rings. The van der Waals surface area contributed by atoms with Gasteiger partial charge in [-0.15, -0.1) is 0 Å². The maximum atomic E-state index is 15.5. The largest absolute Gasteiger partial charge is 0.381 e. The highest BCUT2D eigenvalue weighted by molar-refractivity contribution is 5.86. The minimum atomic E-state index is -1.80. The number of aromatic nitrogens is 2. The van der Waals surface area contributed by atoms with Crippen LogP contribution in [0, 0.1) is 5.92 Å². The lowest BCUT2D eigenvalue weighted by Gasteiger charge is -2.47. The number of rotatable bonds is 4. The van der Waals surface area contributed by atoms with Crippen LogP contribution in [0.5, 0.6) is 0 Å². The zero-order valence-corrected chi connectivity index (χ0v) is 18.4. The molecule has 2 aromatic heterocycles. The average molecular weight is 427 g/mol. The third kappa shape index (κ3) is 3.25. The van der Waals surface area contributed by atoms with Crippen LogP contribution in [0.3, 0.4) is 0 Å². The van der Waals surface area contributed by atoms with Crippen LogP contribution >= 0.6 is 0 Å². The van der Waals surface area contributed by atoms with Crippen LogP contribution in [0.2, 0.25) is 0 Å². The minimum absolute atomic E-state index is 0.148. The molecule has 1 atom stereocenters. The molecule has 0 radical (unpaired) electrons. The van der Waals surface area contributed by atoms with Gasteiger partial charge in [0.25, 0.3) is 5.91 Å². The normalized spacial score (nSPS) is 24.5. The molecule has 7 heteroatoms. The van der Waals surface area contributed by atoms with Crippen LogP contribution in [0.15, 0.2) is 36.7 Å². The van der Waals surface area contributed by atoms with Crippen molar-refractivity contribution in [2.75, 3.05) is 37.7 Å². The minimum Gasteiger partial charge on any atom is -0.381 e. The van der Waals surface area contributed by atoms with E-state index in [1.165, 1.54) is 0 Å². The Bertz CT molecular complexity index is 968. The lowest BCUT2D eigenvalue weighted by Crippen LogP contribution is -2.55. The molecule has 5 rings (SSSR count). The Balaban J connectivity index is 1.53. The maximum absolute atomic E-state index is 15.5. The van der Waals surface area contributed by atoms with Gasteiger partial charge in [0.05, 0.1) is 24.6 Å². The SMILES string of the molecule is CC(C)CCN1c2cccnc2-n2cccc2[C@]12CCN(C(=O)C1(F)CCOCC1)C2. The van der Waals surface area contributed by atoms with Crippen LogP contribution < -0.4 is 4.90 Å². The molecule has 0 bridgehead atoms. The number of alkyl halides is 1. The van der Waals surface area contributed by atoms with Gasteiger partial charge in [0.2, 0.25) is 0 Å². The van der Waals surface area contributed by atoms with Crippen molar-refractivity contribution < 1.29 is 13.9 Å². The lowest BCUT2D eigenvalue weighted by atomic mass is 9.88. The molecule has 5 heterocycles. The number of ether oxygens (including phenoxy) is 1. The van der Waals surface area contributed by atoms with Gasteiger partial charge in [-0.1, -0.05) is 13.8 Å². The fourth-order valence-electron chi connectivity index (χ4n) is 5.41. The first-order chi connectivity index (χ1) is 14.9. The standard InChI is InChI=1S/C24H31FN4O2/c1-18(2)7-13-29-19-5-3-11-26-21(19)28-12-4-6-20(28)24(29)8-14-27(17-24)22(30)23(25)9-15-31-16-10-23/h3-6,11-12,18H,7-10,13-17H2,1-2H3/t24-/m1/s1. The van der Waals surface area contributed by atoms with Crippen molar-refractivity contribution in [1.82, 2.24) is 14.5 Å². The number of nitrogens with zero attached hydrogens (tertiary/aromatic N) is 4. The van der Waals surface area contributed by atoms with Crippen LogP contribution in [0.4, 0.5) is 10.1 Å². The summed E-state index contributed by atoms with van der Waals surface area (Å²) in [6.07, 6.45) is 5.98. The van der Waals surface area contributed by atoms with Gasteiger partial charge in [-0.25, -0.2) is 9.37 Å². The summed E-state index contributed by atoms with van der Waals surface area (Å²) in [6.45, 7) is 7.00. The summed E-state index contributed by atoms with van der Waals surface area (Å²) >= 11 is 0. The van der Waals surface area contributed by atoms with E-state index < -0.39 is 5.67 Å². The van der Waals surface area contributed by atoms with Gasteiger partial charge in [0, 0.05) is 44.9 Å². The van der Waals surface area contributed by atoms with Gasteiger partial charge in [-0.05, 0) is 43.0 Å². The Morgan fingerprint density at radius 2 is 2.03 bits per heavy atom. The van der Waals surface area contributed by atoms with E-state index in [0.29, 0.717) is 32.2 Å². The van der Waals surface area contributed by atoms with E-state index in [9.17, 15) is 4.79 Å². The molecule has 2 fully saturated rings. The van der Waals surface area contributed by atoms with Gasteiger partial charge in [-0.3, -0.25) is 4.79 Å². The summed E-state index contributed by atoms with van der Waals surface area (Å²) < 4.78 is 23.0. The molecule has 31 heavy (non-hydrogen) atoms. The third-order valence-corrected chi connectivity index (χ3v) is 7.16. The molecule has 0 N–H and O–H groups in total. The Hall–Kier alpha value is -2.41. The van der Waals surface area contributed by atoms with E-state index in [4.69, 9.17) is 4.74 Å². The van der Waals surface area contributed by atoms with Gasteiger partial charge < -0.3 is 19.1 Å². The lowest BCUT2D eigenvalue weighted by molar-refractivity contribution is -0.149. The Morgan fingerprint density at radius 3 is 2.81 bits per heavy atom. The molecule has 6 nitrogen and oxygen atoms in total. The van der Waals surface area contributed by atoms with Gasteiger partial charge in [0.15, 0.2) is 11.5 Å². The number of carbonyl (C=O) groups excluding carboxylic acids is 1. The molecule has 166 valence electrons. The summed E-state index contributed by atoms with van der Waals surface area (Å²) in [4.78, 5) is 22.1. The van der Waals surface area contributed by atoms with Crippen molar-refractivity contribution in [3.05, 3.63) is 42.4 Å². The van der Waals surface area contributed by atoms with Gasteiger partial charge >= 0.3 is 0 Å². The van der Waals surface area contributed by atoms with Gasteiger partial charge in [-0.2, -0.15) is 0 Å². The smallest absolute Gasteiger partial charge is 0.260 e. The van der Waals surface area contributed by atoms with E-state index in [2.05, 4.69) is 40.4 Å². The fourth-order valence-corrected chi connectivity index (χ4v) is 5.41. The van der Waals surface area contributed by atoms with E-state index in [1.807, 2.05) is 24.5 Å². The summed E-state index contributed by atoms with van der Waals surface area (Å²) in [7, 11) is 0. The number of pyridine rings is 1. The molecule has 0 unspecified atom stereocenters. The van der Waals surface area contributed by atoms with Gasteiger partial charge in [0.1, 0.15) is 5.54 Å². The molecule has 3 aliphatic rings. The van der Waals surface area contributed by atoms with Crippen LogP contribution in [-0.2, 0) is 15.1 Å². The zero-order valence-electron chi connectivity index (χ0n) is 18.4. The van der Waals surface area contributed by atoms with Crippen molar-refractivity contribution in [2.45, 2.75) is 50.7 Å². The Labute approximate surface area is 183 Å². The fraction of sp³-hybridized carbons (Fsp3) is 0.583. The molecule has 0 aromatic carbocycles. The monoisotopic (exact) mass is 426 g/mol. The molecular formula is C24H31FN4O2. The van der Waals surface area contributed by atoms with Crippen LogP contribution in [-0.4, -0.2) is 58.9 Å². The first-order valence-electron chi connectivity index (χ1n) is 11.4. The number of hydrogen-bond acceptors (Lipinski definition) is 4. The zero-order chi connectivity index (χ0) is 21.6. The quantitative estimate of drug-likeness (QED) is 0.748. The summed E-state index contributed by atoms with van der Waals surface area (Å²) in [5, 5.41) is 0. The summed E-state index contributed by atoms with van der Waals surface area (Å²) in [5.41, 5.74) is 0.0497. The second-order valence-electron chi connectivity index (χ2n) is 9.53. The third-order valence-electron chi connectivity index (χ3n) is 7.16. The summed E-state index contributed by atoms with van der Waals surface area (Å²) in [6, 6.07) is 8.27. The van der Waals surface area contributed by atoms with Crippen molar-refractivity contribution in [2.24, 2.45) is 5.92 Å². The molecule has 0 aliphatic carbocycles. The second kappa shape index (κ2) is 7.62. The van der Waals surface area contributed by atoms with Crippen LogP contribution in [0.25, 0.3) is 5.82 Å². The summed E-state index contributed by atoms with van der Waals surface area (Å²) in [5.74, 6) is 1.11. The van der Waals surface area contributed by atoms with Crippen molar-refractivity contribution in [3.63, 3.8) is 0 Å². The second-order valence-corrected chi connectivity index (χ2v) is 9.53. The highest BCUT2D eigenvalue weighted by atomic mass is 19.1. The van der Waals surface area contributed by atoms with E-state index in [0.717, 1.165) is 36.6 Å². The number of hydrogen-bond donors (Lipinski definition) is 0. The molecule has 1 amide bonds. The molecule has 1 spiro atoms. The van der Waals surface area contributed by atoms with Crippen LogP contribution in [0.1, 0.15) is 45.2 Å². The first-order valence-corrected chi connectivity index (χ1v) is 11.4. The predicted octanol–water partition coefficient (Wildman–Crippen LogP) is 3.68. The molecule has 2 saturated heterocycles. The number of likely N-dealkylation sites (tertiary alicyclic amines) is 1. The first kappa shape index (κ1) is 20.5. The molecular weight excluding hydrogens is 395 g/mol. The maximum Gasteiger partial charge on any atom is 0.260 e.